The van der Waals surface area contributed by atoms with Gasteiger partial charge in [0.05, 0.1) is 7.11 Å². The van der Waals surface area contributed by atoms with Gasteiger partial charge in [0.15, 0.2) is 0 Å². The number of amides is 2. The van der Waals surface area contributed by atoms with Crippen molar-refractivity contribution in [2.75, 3.05) is 12.0 Å². The molecule has 4 rings (SSSR count). The third kappa shape index (κ3) is 6.51. The smallest absolute Gasteiger partial charge is 0.251 e. The van der Waals surface area contributed by atoms with Crippen molar-refractivity contribution in [1.29, 1.82) is 0 Å². The molecule has 1 N–H and O–H groups in total. The van der Waals surface area contributed by atoms with Crippen LogP contribution >= 0.6 is 11.6 Å². The average Bonchev–Trinajstić information content (AvgIpc) is 3.35. The molecule has 0 aliphatic rings. The van der Waals surface area contributed by atoms with Crippen LogP contribution in [0.2, 0.25) is 5.02 Å². The van der Waals surface area contributed by atoms with Crippen LogP contribution < -0.4 is 15.0 Å². The predicted octanol–water partition coefficient (Wildman–Crippen LogP) is 4.09. The summed E-state index contributed by atoms with van der Waals surface area (Å²) < 4.78 is 5.28. The molecular weight excluding hydrogens is 506 g/mol. The lowest BCUT2D eigenvalue weighted by molar-refractivity contribution is -0.128. The number of pyridine rings is 1. The first-order chi connectivity index (χ1) is 18.1. The maximum Gasteiger partial charge on any atom is 0.251 e. The van der Waals surface area contributed by atoms with Crippen LogP contribution in [0, 0.1) is 0 Å². The summed E-state index contributed by atoms with van der Waals surface area (Å²) in [6.45, 7) is 5.39. The van der Waals surface area contributed by atoms with Crippen LogP contribution in [0.3, 0.4) is 0 Å². The highest BCUT2D eigenvalue weighted by molar-refractivity contribution is 6.30. The summed E-state index contributed by atoms with van der Waals surface area (Å²) in [6, 6.07) is 16.3. The number of aromatic nitrogens is 5. The Morgan fingerprint density at radius 3 is 2.29 bits per heavy atom. The standard InChI is InChI=1S/C27H28ClN7O3/c1-27(2,3)30-26(37)24(18-13-15-29-16-14-18)35(21-9-11-22(38-4)12-10-21)23(36)17-34-32-25(31-33-34)19-5-7-20(28)8-6-19/h5-16,24H,17H2,1-4H3,(H,30,37). The van der Waals surface area contributed by atoms with Crippen LogP contribution in [-0.2, 0) is 16.1 Å². The highest BCUT2D eigenvalue weighted by Gasteiger charge is 2.35. The van der Waals surface area contributed by atoms with Gasteiger partial charge in [0.1, 0.15) is 18.3 Å². The topological polar surface area (TPSA) is 115 Å². The molecule has 38 heavy (non-hydrogen) atoms. The van der Waals surface area contributed by atoms with E-state index in [-0.39, 0.29) is 12.5 Å². The van der Waals surface area contributed by atoms with Crippen LogP contribution in [0.1, 0.15) is 32.4 Å². The van der Waals surface area contributed by atoms with Gasteiger partial charge in [0.2, 0.25) is 11.7 Å². The monoisotopic (exact) mass is 533 g/mol. The van der Waals surface area contributed by atoms with Crippen LogP contribution in [0.25, 0.3) is 11.4 Å². The third-order valence-electron chi connectivity index (χ3n) is 5.48. The van der Waals surface area contributed by atoms with Gasteiger partial charge in [-0.25, -0.2) is 0 Å². The van der Waals surface area contributed by atoms with Crippen LogP contribution in [-0.4, -0.2) is 49.7 Å². The van der Waals surface area contributed by atoms with E-state index in [0.717, 1.165) is 0 Å². The number of hydrogen-bond donors (Lipinski definition) is 1. The zero-order valence-electron chi connectivity index (χ0n) is 21.5. The van der Waals surface area contributed by atoms with Crippen molar-refractivity contribution in [1.82, 2.24) is 30.5 Å². The number of nitrogens with one attached hydrogen (secondary N) is 1. The maximum absolute atomic E-state index is 13.9. The lowest BCUT2D eigenvalue weighted by atomic mass is 10.0. The van der Waals surface area contributed by atoms with Crippen LogP contribution in [0.15, 0.2) is 73.1 Å². The van der Waals surface area contributed by atoms with E-state index in [4.69, 9.17) is 16.3 Å². The maximum atomic E-state index is 13.9. The average molecular weight is 534 g/mol. The number of rotatable bonds is 8. The molecule has 0 bridgehead atoms. The summed E-state index contributed by atoms with van der Waals surface area (Å²) in [7, 11) is 1.56. The molecule has 2 amide bonds. The molecule has 0 aliphatic carbocycles. The van der Waals surface area contributed by atoms with Gasteiger partial charge in [-0.3, -0.25) is 19.5 Å². The molecule has 0 saturated carbocycles. The van der Waals surface area contributed by atoms with Crippen molar-refractivity contribution in [2.45, 2.75) is 38.9 Å². The molecule has 196 valence electrons. The minimum Gasteiger partial charge on any atom is -0.497 e. The van der Waals surface area contributed by atoms with Gasteiger partial charge in [-0.1, -0.05) is 11.6 Å². The van der Waals surface area contributed by atoms with E-state index in [1.54, 1.807) is 80.2 Å². The van der Waals surface area contributed by atoms with Gasteiger partial charge in [-0.15, -0.1) is 10.2 Å². The van der Waals surface area contributed by atoms with E-state index in [9.17, 15) is 9.59 Å². The Kier molecular flexibility index (Phi) is 8.02. The zero-order chi connectivity index (χ0) is 27.3. The second-order valence-electron chi connectivity index (χ2n) is 9.53. The molecule has 1 atom stereocenters. The van der Waals surface area contributed by atoms with Crippen LogP contribution in [0.5, 0.6) is 5.75 Å². The van der Waals surface area contributed by atoms with E-state index in [2.05, 4.69) is 25.7 Å². The number of halogens is 1. The summed E-state index contributed by atoms with van der Waals surface area (Å²) in [4.78, 5) is 34.3. The fraction of sp³-hybridized carbons (Fsp3) is 0.259. The molecule has 0 aliphatic heterocycles. The highest BCUT2D eigenvalue weighted by atomic mass is 35.5. The molecule has 2 aromatic heterocycles. The van der Waals surface area contributed by atoms with Gasteiger partial charge < -0.3 is 10.1 Å². The lowest BCUT2D eigenvalue weighted by Crippen LogP contribution is -2.50. The number of tetrazole rings is 1. The highest BCUT2D eigenvalue weighted by Crippen LogP contribution is 2.30. The second kappa shape index (κ2) is 11.4. The number of carbonyl (C=O) groups is 2. The van der Waals surface area contributed by atoms with Crippen molar-refractivity contribution in [3.05, 3.63) is 83.6 Å². The van der Waals surface area contributed by atoms with Crippen LogP contribution in [0.4, 0.5) is 5.69 Å². The normalized spacial score (nSPS) is 12.0. The summed E-state index contributed by atoms with van der Waals surface area (Å²) in [6.07, 6.45) is 3.17. The van der Waals surface area contributed by atoms with Gasteiger partial charge in [-0.05, 0) is 92.2 Å². The third-order valence-corrected chi connectivity index (χ3v) is 5.73. The molecular formula is C27H28ClN7O3. The molecule has 2 aromatic carbocycles. The largest absolute Gasteiger partial charge is 0.497 e. The number of ether oxygens (including phenoxy) is 1. The SMILES string of the molecule is COc1ccc(N(C(=O)Cn2nnc(-c3ccc(Cl)cc3)n2)C(C(=O)NC(C)(C)C)c2ccncc2)cc1. The van der Waals surface area contributed by atoms with E-state index in [0.29, 0.717) is 33.4 Å². The van der Waals surface area contributed by atoms with Gasteiger partial charge in [0, 0.05) is 34.2 Å². The number of benzene rings is 2. The Morgan fingerprint density at radius 2 is 1.68 bits per heavy atom. The minimum absolute atomic E-state index is 0.253. The Labute approximate surface area is 225 Å². The van der Waals surface area contributed by atoms with E-state index >= 15 is 0 Å². The van der Waals surface area contributed by atoms with Gasteiger partial charge in [-0.2, -0.15) is 4.80 Å². The van der Waals surface area contributed by atoms with Crippen molar-refractivity contribution < 1.29 is 14.3 Å². The first-order valence-corrected chi connectivity index (χ1v) is 12.2. The van der Waals surface area contributed by atoms with E-state index in [1.165, 1.54) is 9.70 Å². The van der Waals surface area contributed by atoms with Crippen molar-refractivity contribution in [2.24, 2.45) is 0 Å². The number of hydrogen-bond acceptors (Lipinski definition) is 7. The number of carbonyl (C=O) groups excluding carboxylic acids is 2. The van der Waals surface area contributed by atoms with E-state index < -0.39 is 17.5 Å². The minimum atomic E-state index is -0.989. The Morgan fingerprint density at radius 1 is 1.03 bits per heavy atom. The molecule has 4 aromatic rings. The van der Waals surface area contributed by atoms with Crippen molar-refractivity contribution in [3.63, 3.8) is 0 Å². The molecule has 0 fully saturated rings. The Bertz CT molecular complexity index is 1380. The molecule has 2 heterocycles. The number of anilines is 1. The summed E-state index contributed by atoms with van der Waals surface area (Å²) in [5, 5.41) is 16.1. The first kappa shape index (κ1) is 26.7. The van der Waals surface area contributed by atoms with Crippen molar-refractivity contribution in [3.8, 4) is 17.1 Å². The molecule has 11 heteroatoms. The zero-order valence-corrected chi connectivity index (χ0v) is 22.3. The lowest BCUT2D eigenvalue weighted by Gasteiger charge is -2.33. The summed E-state index contributed by atoms with van der Waals surface area (Å²) in [5.41, 5.74) is 1.27. The summed E-state index contributed by atoms with van der Waals surface area (Å²) >= 11 is 5.97. The Hall–Kier alpha value is -4.31. The molecule has 0 spiro atoms. The molecule has 0 radical (unpaired) electrons. The predicted molar refractivity (Wildman–Crippen MR) is 144 cm³/mol. The number of nitrogens with zero attached hydrogens (tertiary/aromatic N) is 6. The van der Waals surface area contributed by atoms with Gasteiger partial charge >= 0.3 is 0 Å². The summed E-state index contributed by atoms with van der Waals surface area (Å²) in [5.74, 6) is 0.204. The first-order valence-electron chi connectivity index (χ1n) is 11.9. The Balaban J connectivity index is 1.72. The second-order valence-corrected chi connectivity index (χ2v) is 9.97. The molecule has 10 nitrogen and oxygen atoms in total. The van der Waals surface area contributed by atoms with Crippen molar-refractivity contribution >= 4 is 29.1 Å². The fourth-order valence-corrected chi connectivity index (χ4v) is 3.93. The number of methoxy groups -OCH3 is 1. The van der Waals surface area contributed by atoms with Gasteiger partial charge in [0.25, 0.3) is 5.91 Å². The molecule has 0 saturated heterocycles. The fourth-order valence-electron chi connectivity index (χ4n) is 3.80. The quantitative estimate of drug-likeness (QED) is 0.363. The molecule has 1 unspecified atom stereocenters. The van der Waals surface area contributed by atoms with E-state index in [1.807, 2.05) is 20.8 Å².